The highest BCUT2D eigenvalue weighted by atomic mass is 35.5. The molecule has 0 bridgehead atoms. The number of rotatable bonds is 5. The van der Waals surface area contributed by atoms with Crippen molar-refractivity contribution in [3.8, 4) is 0 Å². The van der Waals surface area contributed by atoms with Gasteiger partial charge in [0.25, 0.3) is 5.91 Å². The first kappa shape index (κ1) is 19.8. The van der Waals surface area contributed by atoms with E-state index < -0.39 is 36.0 Å². The molecule has 28 heavy (non-hydrogen) atoms. The van der Waals surface area contributed by atoms with Crippen molar-refractivity contribution >= 4 is 29.4 Å². The Labute approximate surface area is 166 Å². The second-order valence-electron chi connectivity index (χ2n) is 6.79. The summed E-state index contributed by atoms with van der Waals surface area (Å²) in [5.41, 5.74) is 0.000592. The van der Waals surface area contributed by atoms with Gasteiger partial charge in [0.2, 0.25) is 5.91 Å². The number of hydrogen-bond donors (Lipinski definition) is 2. The SMILES string of the molecule is C[C@H](NC(=O)CN1C(=O)N[C@](C)(c2ccc(Cl)cc2)C1=O)c1ccc(F)cc1. The Morgan fingerprint density at radius 1 is 1.18 bits per heavy atom. The Morgan fingerprint density at radius 2 is 1.79 bits per heavy atom. The van der Waals surface area contributed by atoms with Crippen LogP contribution in [0, 0.1) is 5.82 Å². The number of carbonyl (C=O) groups is 3. The molecule has 8 heteroatoms. The molecule has 6 nitrogen and oxygen atoms in total. The summed E-state index contributed by atoms with van der Waals surface area (Å²) >= 11 is 5.88. The fourth-order valence-corrected chi connectivity index (χ4v) is 3.21. The fraction of sp³-hybridized carbons (Fsp3) is 0.250. The third-order valence-corrected chi connectivity index (χ3v) is 5.00. The van der Waals surface area contributed by atoms with E-state index in [0.717, 1.165) is 4.90 Å². The van der Waals surface area contributed by atoms with E-state index in [0.29, 0.717) is 16.1 Å². The van der Waals surface area contributed by atoms with E-state index in [-0.39, 0.29) is 5.82 Å². The van der Waals surface area contributed by atoms with E-state index in [1.165, 1.54) is 12.1 Å². The van der Waals surface area contributed by atoms with Crippen LogP contribution in [-0.4, -0.2) is 29.3 Å². The van der Waals surface area contributed by atoms with Gasteiger partial charge in [-0.15, -0.1) is 0 Å². The molecule has 2 aromatic rings. The first-order valence-corrected chi connectivity index (χ1v) is 9.03. The van der Waals surface area contributed by atoms with Crippen molar-refractivity contribution in [1.82, 2.24) is 15.5 Å². The molecule has 0 spiro atoms. The van der Waals surface area contributed by atoms with Gasteiger partial charge in [-0.25, -0.2) is 9.18 Å². The fourth-order valence-electron chi connectivity index (χ4n) is 3.08. The van der Waals surface area contributed by atoms with E-state index in [2.05, 4.69) is 10.6 Å². The minimum atomic E-state index is -1.27. The molecule has 0 radical (unpaired) electrons. The van der Waals surface area contributed by atoms with Crippen LogP contribution >= 0.6 is 11.6 Å². The first-order chi connectivity index (χ1) is 13.2. The zero-order valence-electron chi connectivity index (χ0n) is 15.3. The highest BCUT2D eigenvalue weighted by molar-refractivity contribution is 6.30. The maximum absolute atomic E-state index is 13.0. The first-order valence-electron chi connectivity index (χ1n) is 8.65. The molecule has 1 aliphatic rings. The summed E-state index contributed by atoms with van der Waals surface area (Å²) in [7, 11) is 0. The minimum Gasteiger partial charge on any atom is -0.348 e. The molecule has 0 aromatic heterocycles. The second-order valence-corrected chi connectivity index (χ2v) is 7.23. The average Bonchev–Trinajstić information content (AvgIpc) is 2.86. The van der Waals surface area contributed by atoms with Gasteiger partial charge in [0.05, 0.1) is 6.04 Å². The van der Waals surface area contributed by atoms with Crippen LogP contribution in [0.1, 0.15) is 31.0 Å². The molecule has 0 saturated carbocycles. The van der Waals surface area contributed by atoms with Crippen molar-refractivity contribution in [2.75, 3.05) is 6.54 Å². The predicted molar refractivity (Wildman–Crippen MR) is 102 cm³/mol. The molecule has 2 atom stereocenters. The monoisotopic (exact) mass is 403 g/mol. The highest BCUT2D eigenvalue weighted by Crippen LogP contribution is 2.29. The number of carbonyl (C=O) groups excluding carboxylic acids is 3. The molecule has 0 unspecified atom stereocenters. The average molecular weight is 404 g/mol. The zero-order chi connectivity index (χ0) is 20.5. The molecule has 1 fully saturated rings. The molecular weight excluding hydrogens is 385 g/mol. The lowest BCUT2D eigenvalue weighted by atomic mass is 9.92. The second kappa shape index (κ2) is 7.59. The van der Waals surface area contributed by atoms with Gasteiger partial charge in [-0.05, 0) is 49.2 Å². The lowest BCUT2D eigenvalue weighted by molar-refractivity contribution is -0.135. The number of halogens is 2. The Bertz CT molecular complexity index is 917. The molecule has 3 rings (SSSR count). The number of nitrogens with one attached hydrogen (secondary N) is 2. The summed E-state index contributed by atoms with van der Waals surface area (Å²) in [5, 5.41) is 5.85. The molecule has 4 amide bonds. The van der Waals surface area contributed by atoms with Gasteiger partial charge in [0.1, 0.15) is 17.9 Å². The Hall–Kier alpha value is -2.93. The highest BCUT2D eigenvalue weighted by Gasteiger charge is 2.49. The molecule has 2 aromatic carbocycles. The van der Waals surface area contributed by atoms with Crippen molar-refractivity contribution in [3.63, 3.8) is 0 Å². The van der Waals surface area contributed by atoms with Gasteiger partial charge in [-0.2, -0.15) is 0 Å². The van der Waals surface area contributed by atoms with E-state index in [4.69, 9.17) is 11.6 Å². The summed E-state index contributed by atoms with van der Waals surface area (Å²) in [6.07, 6.45) is 0. The standard InChI is InChI=1S/C20H19ClFN3O3/c1-12(13-3-9-16(22)10-4-13)23-17(26)11-25-18(27)20(2,24-19(25)28)14-5-7-15(21)8-6-14/h3-10,12H,11H2,1-2H3,(H,23,26)(H,24,28)/t12-,20+/m0/s1. The van der Waals surface area contributed by atoms with Crippen molar-refractivity contribution in [1.29, 1.82) is 0 Å². The Balaban J connectivity index is 1.69. The predicted octanol–water partition coefficient (Wildman–Crippen LogP) is 3.12. The molecule has 146 valence electrons. The molecular formula is C20H19ClFN3O3. The van der Waals surface area contributed by atoms with E-state index >= 15 is 0 Å². The summed E-state index contributed by atoms with van der Waals surface area (Å²) < 4.78 is 13.0. The lowest BCUT2D eigenvalue weighted by Crippen LogP contribution is -2.43. The lowest BCUT2D eigenvalue weighted by Gasteiger charge is -2.22. The van der Waals surface area contributed by atoms with Crippen molar-refractivity contribution < 1.29 is 18.8 Å². The van der Waals surface area contributed by atoms with Gasteiger partial charge >= 0.3 is 6.03 Å². The Kier molecular flexibility index (Phi) is 5.38. The van der Waals surface area contributed by atoms with E-state index in [1.54, 1.807) is 50.2 Å². The number of imide groups is 1. The maximum atomic E-state index is 13.0. The third kappa shape index (κ3) is 3.84. The number of amides is 4. The largest absolute Gasteiger partial charge is 0.348 e. The number of nitrogens with zero attached hydrogens (tertiary/aromatic N) is 1. The molecule has 0 aliphatic carbocycles. The quantitative estimate of drug-likeness (QED) is 0.753. The molecule has 1 heterocycles. The molecule has 1 saturated heterocycles. The van der Waals surface area contributed by atoms with Crippen molar-refractivity contribution in [3.05, 3.63) is 70.5 Å². The summed E-state index contributed by atoms with van der Waals surface area (Å²) in [6.45, 7) is 2.89. The van der Waals surface area contributed by atoms with Crippen molar-refractivity contribution in [2.24, 2.45) is 0 Å². The van der Waals surface area contributed by atoms with Crippen molar-refractivity contribution in [2.45, 2.75) is 25.4 Å². The van der Waals surface area contributed by atoms with Crippen LogP contribution in [0.5, 0.6) is 0 Å². The smallest absolute Gasteiger partial charge is 0.325 e. The summed E-state index contributed by atoms with van der Waals surface area (Å²) in [5.74, 6) is -1.40. The van der Waals surface area contributed by atoms with Crippen LogP contribution in [0.4, 0.5) is 9.18 Å². The van der Waals surface area contributed by atoms with Gasteiger partial charge < -0.3 is 10.6 Å². The van der Waals surface area contributed by atoms with Gasteiger partial charge in [-0.1, -0.05) is 35.9 Å². The third-order valence-electron chi connectivity index (χ3n) is 4.75. The minimum absolute atomic E-state index is 0.372. The number of benzene rings is 2. The van der Waals surface area contributed by atoms with Gasteiger partial charge in [0, 0.05) is 5.02 Å². The molecule has 2 N–H and O–H groups in total. The van der Waals surface area contributed by atoms with E-state index in [1.807, 2.05) is 0 Å². The van der Waals surface area contributed by atoms with Gasteiger partial charge in [0.15, 0.2) is 0 Å². The summed E-state index contributed by atoms with van der Waals surface area (Å²) in [4.78, 5) is 38.4. The van der Waals surface area contributed by atoms with Crippen LogP contribution < -0.4 is 10.6 Å². The zero-order valence-corrected chi connectivity index (χ0v) is 16.1. The maximum Gasteiger partial charge on any atom is 0.325 e. The molecule has 1 aliphatic heterocycles. The van der Waals surface area contributed by atoms with Crippen LogP contribution in [0.2, 0.25) is 5.02 Å². The number of urea groups is 1. The normalized spacial score (nSPS) is 20.1. The van der Waals surface area contributed by atoms with Crippen LogP contribution in [0.15, 0.2) is 48.5 Å². The Morgan fingerprint density at radius 3 is 2.39 bits per heavy atom. The van der Waals surface area contributed by atoms with Crippen LogP contribution in [0.25, 0.3) is 0 Å². The van der Waals surface area contributed by atoms with E-state index in [9.17, 15) is 18.8 Å². The van der Waals surface area contributed by atoms with Crippen LogP contribution in [0.3, 0.4) is 0 Å². The topological polar surface area (TPSA) is 78.5 Å². The summed E-state index contributed by atoms with van der Waals surface area (Å²) in [6, 6.07) is 11.2. The van der Waals surface area contributed by atoms with Crippen LogP contribution in [-0.2, 0) is 15.1 Å². The number of hydrogen-bond acceptors (Lipinski definition) is 3. The van der Waals surface area contributed by atoms with Gasteiger partial charge in [-0.3, -0.25) is 14.5 Å².